The van der Waals surface area contributed by atoms with Crippen molar-refractivity contribution in [3.8, 4) is 45.9 Å². The molecule has 0 atom stereocenters. The second kappa shape index (κ2) is 17.2. The van der Waals surface area contributed by atoms with Gasteiger partial charge in [-0.1, -0.05) is 36.4 Å². The second-order valence-electron chi connectivity index (χ2n) is 11.0. The van der Waals surface area contributed by atoms with Crippen molar-refractivity contribution < 1.29 is 38.5 Å². The summed E-state index contributed by atoms with van der Waals surface area (Å²) in [5, 5.41) is 49.1. The van der Waals surface area contributed by atoms with E-state index in [0.29, 0.717) is 53.3 Å². The van der Waals surface area contributed by atoms with E-state index in [4.69, 9.17) is 19.8 Å². The molecule has 5 N–H and O–H groups in total. The van der Waals surface area contributed by atoms with Crippen LogP contribution in [0, 0.1) is 28.5 Å². The maximum absolute atomic E-state index is 14.8. The topological polar surface area (TPSA) is 192 Å². The molecule has 0 radical (unpaired) electrons. The predicted molar refractivity (Wildman–Crippen MR) is 179 cm³/mol. The van der Waals surface area contributed by atoms with Gasteiger partial charge in [-0.3, -0.25) is 14.8 Å². The summed E-state index contributed by atoms with van der Waals surface area (Å²) in [7, 11) is 1.44. The number of aromatic hydroxyl groups is 1. The molecule has 1 saturated heterocycles. The third kappa shape index (κ3) is 8.56. The van der Waals surface area contributed by atoms with E-state index < -0.39 is 17.6 Å². The standard InChI is InChI=1S/C35H30F2N6O4.CH2O2/c1-47-32-9-8-23(16-31(32)44)28-20-41-34(27(18-39)33(28)24-6-7-25(17-38)29(36)15-24)43-12-10-26(11-13-43)40-19-22-4-2-21(3-5-22)14-30(37)35(45)42-46;2-1-3/h2-9,14-16,20,26,40,44,46H,10-13,19H2,1H3,(H,42,45);1H,(H,2,3)/b30-14-;. The van der Waals surface area contributed by atoms with Gasteiger partial charge in [0.15, 0.2) is 17.3 Å². The van der Waals surface area contributed by atoms with Crippen LogP contribution in [-0.2, 0) is 16.1 Å². The number of amides is 1. The Labute approximate surface area is 286 Å². The highest BCUT2D eigenvalue weighted by atomic mass is 19.1. The Bertz CT molecular complexity index is 1970. The number of hydrogen-bond donors (Lipinski definition) is 5. The van der Waals surface area contributed by atoms with Gasteiger partial charge in [-0.15, -0.1) is 0 Å². The number of carboxylic acid groups (broad SMARTS) is 1. The number of phenols is 1. The van der Waals surface area contributed by atoms with E-state index in [1.54, 1.807) is 36.5 Å². The van der Waals surface area contributed by atoms with Crippen LogP contribution in [0.25, 0.3) is 28.3 Å². The van der Waals surface area contributed by atoms with Gasteiger partial charge in [0.25, 0.3) is 6.47 Å². The van der Waals surface area contributed by atoms with E-state index in [0.717, 1.165) is 24.5 Å². The molecule has 0 unspecified atom stereocenters. The monoisotopic (exact) mass is 682 g/mol. The van der Waals surface area contributed by atoms with E-state index in [9.17, 15) is 29.2 Å². The maximum atomic E-state index is 14.8. The molecule has 12 nitrogen and oxygen atoms in total. The minimum atomic E-state index is -1.22. The van der Waals surface area contributed by atoms with Gasteiger partial charge in [0.2, 0.25) is 0 Å². The molecule has 4 aromatic rings. The van der Waals surface area contributed by atoms with E-state index in [2.05, 4.69) is 16.4 Å². The molecule has 0 spiro atoms. The van der Waals surface area contributed by atoms with Crippen molar-refractivity contribution in [2.45, 2.75) is 25.4 Å². The Hall–Kier alpha value is -6.35. The summed E-state index contributed by atoms with van der Waals surface area (Å²) in [4.78, 5) is 26.2. The third-order valence-electron chi connectivity index (χ3n) is 8.02. The van der Waals surface area contributed by atoms with Crippen molar-refractivity contribution in [2.24, 2.45) is 0 Å². The number of hydrogen-bond acceptors (Lipinski definition) is 10. The number of anilines is 1. The van der Waals surface area contributed by atoms with Crippen molar-refractivity contribution in [1.82, 2.24) is 15.8 Å². The number of pyridine rings is 1. The Morgan fingerprint density at radius 3 is 2.34 bits per heavy atom. The summed E-state index contributed by atoms with van der Waals surface area (Å²) in [6.07, 6.45) is 4.14. The zero-order chi connectivity index (χ0) is 36.2. The van der Waals surface area contributed by atoms with Crippen molar-refractivity contribution in [3.63, 3.8) is 0 Å². The number of phenolic OH excluding ortho intramolecular Hbond substituents is 1. The smallest absolute Gasteiger partial charge is 0.303 e. The quantitative estimate of drug-likeness (QED) is 0.0667. The fourth-order valence-corrected chi connectivity index (χ4v) is 5.54. The summed E-state index contributed by atoms with van der Waals surface area (Å²) >= 11 is 0. The normalized spacial score (nSPS) is 12.9. The third-order valence-corrected chi connectivity index (χ3v) is 8.02. The molecule has 0 aliphatic carbocycles. The first kappa shape index (κ1) is 36.5. The lowest BCUT2D eigenvalue weighted by molar-refractivity contribution is -0.126. The number of nitrogens with one attached hydrogen (secondary N) is 2. The Balaban J connectivity index is 0.00000181. The average molecular weight is 683 g/mol. The van der Waals surface area contributed by atoms with Crippen molar-refractivity contribution >= 4 is 24.3 Å². The van der Waals surface area contributed by atoms with Gasteiger partial charge in [-0.05, 0) is 65.4 Å². The fraction of sp³-hybridized carbons (Fsp3) is 0.194. The molecular formula is C36H32F2N6O6. The molecule has 3 aromatic carbocycles. The first-order valence-corrected chi connectivity index (χ1v) is 15.1. The molecule has 1 amide bonds. The largest absolute Gasteiger partial charge is 0.504 e. The molecule has 256 valence electrons. The SMILES string of the molecule is COc1ccc(-c2cnc(N3CCC(NCc4ccc(/C=C(\F)C(=O)NO)cc4)CC3)c(C#N)c2-c2ccc(C#N)c(F)c2)cc1O.O=CO. The van der Waals surface area contributed by atoms with Crippen LogP contribution in [0.3, 0.4) is 0 Å². The molecular weight excluding hydrogens is 650 g/mol. The summed E-state index contributed by atoms with van der Waals surface area (Å²) in [6.45, 7) is 1.51. The number of benzene rings is 3. The maximum Gasteiger partial charge on any atom is 0.303 e. The second-order valence-corrected chi connectivity index (χ2v) is 11.0. The van der Waals surface area contributed by atoms with Crippen molar-refractivity contribution in [3.05, 3.63) is 101 Å². The highest BCUT2D eigenvalue weighted by molar-refractivity contribution is 5.94. The number of piperidine rings is 1. The number of nitrogens with zero attached hydrogens (tertiary/aromatic N) is 4. The minimum Gasteiger partial charge on any atom is -0.504 e. The van der Waals surface area contributed by atoms with Gasteiger partial charge < -0.3 is 25.2 Å². The van der Waals surface area contributed by atoms with Crippen LogP contribution in [0.1, 0.15) is 35.1 Å². The van der Waals surface area contributed by atoms with Crippen molar-refractivity contribution in [2.75, 3.05) is 25.1 Å². The zero-order valence-electron chi connectivity index (χ0n) is 26.7. The lowest BCUT2D eigenvalue weighted by Crippen LogP contribution is -2.42. The van der Waals surface area contributed by atoms with E-state index in [1.807, 2.05) is 23.1 Å². The summed E-state index contributed by atoms with van der Waals surface area (Å²) in [6, 6.07) is 20.3. The van der Waals surface area contributed by atoms with Gasteiger partial charge in [-0.2, -0.15) is 10.5 Å². The first-order valence-electron chi connectivity index (χ1n) is 15.1. The lowest BCUT2D eigenvalue weighted by Gasteiger charge is -2.34. The summed E-state index contributed by atoms with van der Waals surface area (Å²) < 4.78 is 33.7. The van der Waals surface area contributed by atoms with Crippen LogP contribution in [-0.4, -0.2) is 59.0 Å². The Morgan fingerprint density at radius 2 is 1.76 bits per heavy atom. The van der Waals surface area contributed by atoms with Crippen LogP contribution < -0.4 is 20.4 Å². The Kier molecular flexibility index (Phi) is 12.5. The number of hydroxylamine groups is 1. The number of nitriles is 2. The van der Waals surface area contributed by atoms with Crippen LogP contribution in [0.4, 0.5) is 14.6 Å². The first-order chi connectivity index (χ1) is 24.2. The molecule has 1 aliphatic heterocycles. The summed E-state index contributed by atoms with van der Waals surface area (Å²) in [5.41, 5.74) is 4.69. The van der Waals surface area contributed by atoms with Crippen molar-refractivity contribution in [1.29, 1.82) is 10.5 Å². The van der Waals surface area contributed by atoms with Gasteiger partial charge in [0.1, 0.15) is 29.3 Å². The number of ether oxygens (including phenoxy) is 1. The number of aromatic nitrogens is 1. The van der Waals surface area contributed by atoms with Crippen LogP contribution in [0.5, 0.6) is 11.5 Å². The van der Waals surface area contributed by atoms with Gasteiger partial charge in [0.05, 0.1) is 12.7 Å². The highest BCUT2D eigenvalue weighted by Gasteiger charge is 2.26. The number of halogens is 2. The molecule has 0 bridgehead atoms. The van der Waals surface area contributed by atoms with Gasteiger partial charge >= 0.3 is 5.91 Å². The molecule has 5 rings (SSSR count). The van der Waals surface area contributed by atoms with E-state index >= 15 is 0 Å². The minimum absolute atomic E-state index is 0.104. The van der Waals surface area contributed by atoms with Crippen LogP contribution >= 0.6 is 0 Å². The van der Waals surface area contributed by atoms with E-state index in [-0.39, 0.29) is 35.1 Å². The van der Waals surface area contributed by atoms with Gasteiger partial charge in [0, 0.05) is 43.0 Å². The fourth-order valence-electron chi connectivity index (χ4n) is 5.54. The van der Waals surface area contributed by atoms with E-state index in [1.165, 1.54) is 30.8 Å². The molecule has 1 fully saturated rings. The molecule has 0 saturated carbocycles. The number of methoxy groups -OCH3 is 1. The number of rotatable bonds is 9. The highest BCUT2D eigenvalue weighted by Crippen LogP contribution is 2.41. The summed E-state index contributed by atoms with van der Waals surface area (Å²) in [5.74, 6) is -2.41. The predicted octanol–water partition coefficient (Wildman–Crippen LogP) is 5.29. The zero-order valence-corrected chi connectivity index (χ0v) is 26.7. The Morgan fingerprint density at radius 1 is 1.08 bits per heavy atom. The van der Waals surface area contributed by atoms with Crippen LogP contribution in [0.15, 0.2) is 72.7 Å². The molecule has 2 heterocycles. The number of carbonyl (C=O) groups excluding carboxylic acids is 1. The number of carbonyl (C=O) groups is 2. The van der Waals surface area contributed by atoms with Crippen LogP contribution in [0.2, 0.25) is 0 Å². The molecule has 1 aromatic heterocycles. The lowest BCUT2D eigenvalue weighted by atomic mass is 9.91. The molecule has 50 heavy (non-hydrogen) atoms. The molecule has 1 aliphatic rings. The van der Waals surface area contributed by atoms with Gasteiger partial charge in [-0.25, -0.2) is 19.2 Å². The molecule has 14 heteroatoms. The average Bonchev–Trinajstić information content (AvgIpc) is 3.14.